The van der Waals surface area contributed by atoms with Crippen LogP contribution in [0, 0.1) is 6.92 Å². The molecule has 2 rings (SSSR count). The fraction of sp³-hybridized carbons (Fsp3) is 0.435. The number of aliphatic hydroxyl groups excluding tert-OH is 1. The first kappa shape index (κ1) is 26.8. The molecule has 0 aliphatic heterocycles. The molecule has 0 saturated heterocycles. The van der Waals surface area contributed by atoms with Gasteiger partial charge < -0.3 is 29.5 Å². The molecular formula is C23H34IN3O4. The molecule has 0 bridgehead atoms. The molecule has 0 fully saturated rings. The van der Waals surface area contributed by atoms with Gasteiger partial charge in [-0.3, -0.25) is 0 Å². The Labute approximate surface area is 202 Å². The van der Waals surface area contributed by atoms with Gasteiger partial charge in [0, 0.05) is 13.6 Å². The third-order valence-corrected chi connectivity index (χ3v) is 4.40. The first-order valence-electron chi connectivity index (χ1n) is 10.2. The van der Waals surface area contributed by atoms with Crippen molar-refractivity contribution in [3.8, 4) is 17.2 Å². The van der Waals surface area contributed by atoms with Crippen LogP contribution in [0.4, 0.5) is 0 Å². The number of nitrogens with one attached hydrogen (secondary N) is 1. The number of rotatable bonds is 11. The molecule has 172 valence electrons. The highest BCUT2D eigenvalue weighted by atomic mass is 127. The zero-order chi connectivity index (χ0) is 21.8. The molecule has 2 N–H and O–H groups in total. The van der Waals surface area contributed by atoms with Gasteiger partial charge in [-0.15, -0.1) is 24.0 Å². The van der Waals surface area contributed by atoms with Crippen molar-refractivity contribution in [2.24, 2.45) is 4.99 Å². The van der Waals surface area contributed by atoms with Crippen molar-refractivity contribution in [3.05, 3.63) is 53.6 Å². The lowest BCUT2D eigenvalue weighted by Gasteiger charge is -2.22. The monoisotopic (exact) mass is 543 g/mol. The molecule has 0 atom stereocenters. The van der Waals surface area contributed by atoms with Gasteiger partial charge in [0.05, 0.1) is 26.8 Å². The zero-order valence-electron chi connectivity index (χ0n) is 18.8. The van der Waals surface area contributed by atoms with Crippen LogP contribution in [0.3, 0.4) is 0 Å². The molecule has 0 spiro atoms. The standard InChI is InChI=1S/C23H33N3O4.HI/c1-5-24-23(26(3)12-14-29-20-9-6-18(2)7-10-20)25-17-19-8-11-21(30-15-13-27)22(16-19)28-4;/h6-11,16,27H,5,12-15,17H2,1-4H3,(H,24,25);1H. The number of hydrogen-bond donors (Lipinski definition) is 2. The number of guanidine groups is 1. The number of halogens is 1. The highest BCUT2D eigenvalue weighted by Crippen LogP contribution is 2.28. The Morgan fingerprint density at radius 3 is 2.45 bits per heavy atom. The third kappa shape index (κ3) is 9.22. The van der Waals surface area contributed by atoms with Crippen LogP contribution < -0.4 is 19.5 Å². The van der Waals surface area contributed by atoms with E-state index in [2.05, 4.69) is 12.2 Å². The summed E-state index contributed by atoms with van der Waals surface area (Å²) >= 11 is 0. The maximum atomic E-state index is 8.93. The Kier molecular flexibility index (Phi) is 12.8. The zero-order valence-corrected chi connectivity index (χ0v) is 21.1. The van der Waals surface area contributed by atoms with Crippen LogP contribution in [0.2, 0.25) is 0 Å². The minimum Gasteiger partial charge on any atom is -0.493 e. The lowest BCUT2D eigenvalue weighted by molar-refractivity contribution is 0.196. The second-order valence-corrected chi connectivity index (χ2v) is 6.81. The molecule has 0 aliphatic carbocycles. The number of aliphatic imine (C=N–C) groups is 1. The number of ether oxygens (including phenoxy) is 3. The Morgan fingerprint density at radius 1 is 1.06 bits per heavy atom. The third-order valence-electron chi connectivity index (χ3n) is 4.40. The molecule has 2 aromatic carbocycles. The normalized spacial score (nSPS) is 10.8. The van der Waals surface area contributed by atoms with Crippen LogP contribution in [-0.4, -0.2) is 63.0 Å². The van der Waals surface area contributed by atoms with Crippen molar-refractivity contribution in [2.75, 3.05) is 47.1 Å². The first-order valence-corrected chi connectivity index (χ1v) is 10.2. The molecule has 8 heteroatoms. The van der Waals surface area contributed by atoms with E-state index in [1.165, 1.54) is 5.56 Å². The van der Waals surface area contributed by atoms with Crippen molar-refractivity contribution in [2.45, 2.75) is 20.4 Å². The van der Waals surface area contributed by atoms with Gasteiger partial charge in [-0.1, -0.05) is 23.8 Å². The van der Waals surface area contributed by atoms with E-state index in [-0.39, 0.29) is 37.2 Å². The number of aliphatic hydroxyl groups is 1. The van der Waals surface area contributed by atoms with Crippen LogP contribution >= 0.6 is 24.0 Å². The summed E-state index contributed by atoms with van der Waals surface area (Å²) in [5, 5.41) is 12.2. The summed E-state index contributed by atoms with van der Waals surface area (Å²) in [7, 11) is 3.59. The summed E-state index contributed by atoms with van der Waals surface area (Å²) in [4.78, 5) is 6.78. The summed E-state index contributed by atoms with van der Waals surface area (Å²) in [5.41, 5.74) is 2.22. The number of methoxy groups -OCH3 is 1. The molecular weight excluding hydrogens is 509 g/mol. The molecule has 0 amide bonds. The predicted molar refractivity (Wildman–Crippen MR) is 135 cm³/mol. The molecule has 7 nitrogen and oxygen atoms in total. The highest BCUT2D eigenvalue weighted by molar-refractivity contribution is 14.0. The van der Waals surface area contributed by atoms with Gasteiger partial charge in [-0.05, 0) is 43.7 Å². The second-order valence-electron chi connectivity index (χ2n) is 6.81. The SMILES string of the molecule is CCNC(=NCc1ccc(OCCO)c(OC)c1)N(C)CCOc1ccc(C)cc1.I. The van der Waals surface area contributed by atoms with E-state index in [9.17, 15) is 0 Å². The number of nitrogens with zero attached hydrogens (tertiary/aromatic N) is 2. The second kappa shape index (κ2) is 14.7. The summed E-state index contributed by atoms with van der Waals surface area (Å²) in [6.45, 7) is 6.84. The summed E-state index contributed by atoms with van der Waals surface area (Å²) in [6, 6.07) is 13.7. The lowest BCUT2D eigenvalue weighted by atomic mass is 10.2. The van der Waals surface area contributed by atoms with Crippen molar-refractivity contribution >= 4 is 29.9 Å². The van der Waals surface area contributed by atoms with E-state index in [1.54, 1.807) is 7.11 Å². The summed E-state index contributed by atoms with van der Waals surface area (Å²) in [6.07, 6.45) is 0. The number of aryl methyl sites for hydroxylation is 1. The number of hydrogen-bond acceptors (Lipinski definition) is 5. The fourth-order valence-electron chi connectivity index (χ4n) is 2.76. The summed E-state index contributed by atoms with van der Waals surface area (Å²) < 4.78 is 16.7. The number of likely N-dealkylation sites (N-methyl/N-ethyl adjacent to an activating group) is 1. The molecule has 0 heterocycles. The van der Waals surface area contributed by atoms with Crippen LogP contribution in [0.5, 0.6) is 17.2 Å². The minimum atomic E-state index is -0.0405. The van der Waals surface area contributed by atoms with Crippen LogP contribution in [-0.2, 0) is 6.54 Å². The van der Waals surface area contributed by atoms with Crippen molar-refractivity contribution in [1.82, 2.24) is 10.2 Å². The predicted octanol–water partition coefficient (Wildman–Crippen LogP) is 3.47. The molecule has 0 unspecified atom stereocenters. The van der Waals surface area contributed by atoms with Crippen molar-refractivity contribution < 1.29 is 19.3 Å². The Morgan fingerprint density at radius 2 is 1.81 bits per heavy atom. The van der Waals surface area contributed by atoms with Gasteiger partial charge in [0.1, 0.15) is 19.0 Å². The van der Waals surface area contributed by atoms with Gasteiger partial charge in [-0.25, -0.2) is 4.99 Å². The molecule has 2 aromatic rings. The maximum Gasteiger partial charge on any atom is 0.194 e. The molecule has 0 saturated carbocycles. The van der Waals surface area contributed by atoms with Crippen LogP contribution in [0.1, 0.15) is 18.1 Å². The Hall–Kier alpha value is -2.20. The van der Waals surface area contributed by atoms with Crippen molar-refractivity contribution in [1.29, 1.82) is 0 Å². The maximum absolute atomic E-state index is 8.93. The largest absolute Gasteiger partial charge is 0.493 e. The molecule has 0 aliphatic rings. The Bertz CT molecular complexity index is 800. The fourth-order valence-corrected chi connectivity index (χ4v) is 2.76. The van der Waals surface area contributed by atoms with Crippen LogP contribution in [0.25, 0.3) is 0 Å². The van der Waals surface area contributed by atoms with Gasteiger partial charge >= 0.3 is 0 Å². The van der Waals surface area contributed by atoms with Gasteiger partial charge in [0.2, 0.25) is 0 Å². The lowest BCUT2D eigenvalue weighted by Crippen LogP contribution is -2.40. The molecule has 31 heavy (non-hydrogen) atoms. The van der Waals surface area contributed by atoms with Crippen molar-refractivity contribution in [3.63, 3.8) is 0 Å². The van der Waals surface area contributed by atoms with Gasteiger partial charge in [0.15, 0.2) is 17.5 Å². The van der Waals surface area contributed by atoms with Gasteiger partial charge in [0.25, 0.3) is 0 Å². The van der Waals surface area contributed by atoms with E-state index >= 15 is 0 Å². The topological polar surface area (TPSA) is 75.6 Å². The van der Waals surface area contributed by atoms with E-state index in [4.69, 9.17) is 24.3 Å². The summed E-state index contributed by atoms with van der Waals surface area (Å²) in [5.74, 6) is 2.91. The van der Waals surface area contributed by atoms with Crippen LogP contribution in [0.15, 0.2) is 47.5 Å². The smallest absolute Gasteiger partial charge is 0.194 e. The van der Waals surface area contributed by atoms with E-state index < -0.39 is 0 Å². The van der Waals surface area contributed by atoms with E-state index in [0.29, 0.717) is 31.2 Å². The molecule has 0 aromatic heterocycles. The quantitative estimate of drug-likeness (QED) is 0.257. The first-order chi connectivity index (χ1) is 14.6. The minimum absolute atomic E-state index is 0. The van der Waals surface area contributed by atoms with Gasteiger partial charge in [-0.2, -0.15) is 0 Å². The molecule has 0 radical (unpaired) electrons. The average molecular weight is 543 g/mol. The number of benzene rings is 2. The Balaban J connectivity index is 0.00000480. The van der Waals surface area contributed by atoms with E-state index in [0.717, 1.165) is 23.8 Å². The average Bonchev–Trinajstić information content (AvgIpc) is 2.76. The highest BCUT2D eigenvalue weighted by Gasteiger charge is 2.08. The van der Waals surface area contributed by atoms with E-state index in [1.807, 2.05) is 61.3 Å².